The van der Waals surface area contributed by atoms with Crippen molar-refractivity contribution in [3.8, 4) is 5.75 Å². The van der Waals surface area contributed by atoms with E-state index >= 15 is 0 Å². The Kier molecular flexibility index (Phi) is 8.31. The van der Waals surface area contributed by atoms with Crippen LogP contribution in [-0.2, 0) is 0 Å². The number of nitrogens with zero attached hydrogens (tertiary/aromatic N) is 1. The van der Waals surface area contributed by atoms with Gasteiger partial charge in [-0.2, -0.15) is 11.8 Å². The molecular formula is C14H19F3IN3OS. The van der Waals surface area contributed by atoms with Gasteiger partial charge in [-0.3, -0.25) is 4.99 Å². The minimum Gasteiger partial charge on any atom is -0.406 e. The van der Waals surface area contributed by atoms with Crippen molar-refractivity contribution in [1.82, 2.24) is 0 Å². The van der Waals surface area contributed by atoms with Crippen LogP contribution in [0, 0.1) is 5.92 Å². The molecule has 0 bridgehead atoms. The lowest BCUT2D eigenvalue weighted by atomic mass is 10.0. The Balaban J connectivity index is 0.00000264. The van der Waals surface area contributed by atoms with Gasteiger partial charge in [0.15, 0.2) is 5.96 Å². The van der Waals surface area contributed by atoms with Crippen LogP contribution in [0.4, 0.5) is 18.9 Å². The average Bonchev–Trinajstić information content (AvgIpc) is 2.45. The zero-order chi connectivity index (χ0) is 16.0. The van der Waals surface area contributed by atoms with Gasteiger partial charge >= 0.3 is 6.36 Å². The Morgan fingerprint density at radius 2 is 2.04 bits per heavy atom. The number of nitrogens with two attached hydrogens (primary N) is 1. The van der Waals surface area contributed by atoms with Gasteiger partial charge in [-0.25, -0.2) is 0 Å². The van der Waals surface area contributed by atoms with Crippen LogP contribution >= 0.6 is 35.7 Å². The Labute approximate surface area is 154 Å². The fourth-order valence-corrected chi connectivity index (χ4v) is 3.32. The van der Waals surface area contributed by atoms with Crippen LogP contribution in [-0.4, -0.2) is 30.4 Å². The minimum absolute atomic E-state index is 0. The van der Waals surface area contributed by atoms with Gasteiger partial charge in [0.1, 0.15) is 5.75 Å². The molecule has 1 fully saturated rings. The average molecular weight is 461 g/mol. The number of benzene rings is 1. The van der Waals surface area contributed by atoms with Crippen molar-refractivity contribution in [2.75, 3.05) is 23.4 Å². The molecule has 2 rings (SSSR count). The third kappa shape index (κ3) is 8.00. The van der Waals surface area contributed by atoms with Crippen molar-refractivity contribution in [1.29, 1.82) is 0 Å². The minimum atomic E-state index is -4.71. The largest absolute Gasteiger partial charge is 0.573 e. The molecule has 0 aromatic heterocycles. The van der Waals surface area contributed by atoms with E-state index < -0.39 is 6.36 Å². The number of alkyl halides is 3. The summed E-state index contributed by atoms with van der Waals surface area (Å²) < 4.78 is 40.4. The highest BCUT2D eigenvalue weighted by molar-refractivity contribution is 14.0. The molecule has 0 saturated carbocycles. The van der Waals surface area contributed by atoms with Gasteiger partial charge in [0, 0.05) is 18.3 Å². The van der Waals surface area contributed by atoms with Gasteiger partial charge in [-0.15, -0.1) is 37.1 Å². The molecule has 0 amide bonds. The van der Waals surface area contributed by atoms with E-state index in [1.54, 1.807) is 6.07 Å². The highest BCUT2D eigenvalue weighted by Crippen LogP contribution is 2.25. The summed E-state index contributed by atoms with van der Waals surface area (Å²) in [6, 6.07) is 5.51. The van der Waals surface area contributed by atoms with Crippen molar-refractivity contribution in [3.63, 3.8) is 0 Å². The van der Waals surface area contributed by atoms with Crippen LogP contribution in [0.2, 0.25) is 0 Å². The Bertz CT molecular complexity index is 522. The van der Waals surface area contributed by atoms with Gasteiger partial charge in [0.05, 0.1) is 0 Å². The van der Waals surface area contributed by atoms with Crippen LogP contribution < -0.4 is 15.8 Å². The molecule has 1 aliphatic rings. The first-order chi connectivity index (χ1) is 10.4. The van der Waals surface area contributed by atoms with Crippen LogP contribution in [0.25, 0.3) is 0 Å². The number of nitrogens with one attached hydrogen (secondary N) is 1. The number of rotatable bonds is 4. The second-order valence-electron chi connectivity index (χ2n) is 4.98. The summed E-state index contributed by atoms with van der Waals surface area (Å²) in [6.45, 7) is 0.637. The number of anilines is 1. The van der Waals surface area contributed by atoms with Crippen LogP contribution in [0.3, 0.4) is 0 Å². The van der Waals surface area contributed by atoms with Crippen LogP contribution in [0.1, 0.15) is 12.8 Å². The molecule has 1 saturated heterocycles. The molecule has 1 aliphatic heterocycles. The molecule has 1 heterocycles. The predicted molar refractivity (Wildman–Crippen MR) is 98.7 cm³/mol. The van der Waals surface area contributed by atoms with E-state index in [4.69, 9.17) is 5.73 Å². The molecule has 3 N–H and O–H groups in total. The van der Waals surface area contributed by atoms with Gasteiger partial charge in [0.2, 0.25) is 0 Å². The normalized spacial score (nSPS) is 16.6. The first kappa shape index (κ1) is 20.2. The number of halogens is 4. The van der Waals surface area contributed by atoms with E-state index in [2.05, 4.69) is 15.0 Å². The molecule has 9 heteroatoms. The molecule has 0 radical (unpaired) electrons. The van der Waals surface area contributed by atoms with Crippen molar-refractivity contribution in [2.24, 2.45) is 16.6 Å². The lowest BCUT2D eigenvalue weighted by Gasteiger charge is -2.19. The Hall–Kier alpha value is -0.840. The first-order valence-electron chi connectivity index (χ1n) is 6.93. The van der Waals surface area contributed by atoms with Crippen LogP contribution in [0.5, 0.6) is 5.75 Å². The Morgan fingerprint density at radius 1 is 1.35 bits per heavy atom. The van der Waals surface area contributed by atoms with Crippen molar-refractivity contribution >= 4 is 47.4 Å². The SMILES string of the molecule is I.NC(=NCC1CCSCC1)Nc1cccc(OC(F)(F)F)c1. The highest BCUT2D eigenvalue weighted by Gasteiger charge is 2.31. The molecule has 1 aromatic rings. The number of guanidine groups is 1. The molecule has 0 spiro atoms. The molecule has 0 atom stereocenters. The monoisotopic (exact) mass is 461 g/mol. The van der Waals surface area contributed by atoms with Gasteiger partial charge in [-0.05, 0) is 42.4 Å². The zero-order valence-electron chi connectivity index (χ0n) is 12.3. The van der Waals surface area contributed by atoms with Crippen molar-refractivity contribution < 1.29 is 17.9 Å². The number of hydrogen-bond donors (Lipinski definition) is 2. The second-order valence-corrected chi connectivity index (χ2v) is 6.21. The fourth-order valence-electron chi connectivity index (χ4n) is 2.11. The maximum atomic E-state index is 12.2. The van der Waals surface area contributed by atoms with E-state index in [1.807, 2.05) is 11.8 Å². The highest BCUT2D eigenvalue weighted by atomic mass is 127. The standard InChI is InChI=1S/C14H18F3N3OS.HI/c15-14(16,17)21-12-3-1-2-11(8-12)20-13(18)19-9-10-4-6-22-7-5-10;/h1-3,8,10H,4-7,9H2,(H3,18,19,20);1H. The Morgan fingerprint density at radius 3 is 2.70 bits per heavy atom. The summed E-state index contributed by atoms with van der Waals surface area (Å²) in [5, 5.41) is 2.78. The van der Waals surface area contributed by atoms with Crippen molar-refractivity contribution in [3.05, 3.63) is 24.3 Å². The number of ether oxygens (including phenoxy) is 1. The van der Waals surface area contributed by atoms with Gasteiger partial charge in [0.25, 0.3) is 0 Å². The summed E-state index contributed by atoms with van der Waals surface area (Å²) in [5.74, 6) is 2.72. The maximum Gasteiger partial charge on any atom is 0.573 e. The van der Waals surface area contributed by atoms with Crippen molar-refractivity contribution in [2.45, 2.75) is 19.2 Å². The summed E-state index contributed by atoms with van der Waals surface area (Å²) in [5.41, 5.74) is 6.18. The number of thioether (sulfide) groups is 1. The summed E-state index contributed by atoms with van der Waals surface area (Å²) in [4.78, 5) is 4.26. The van der Waals surface area contributed by atoms with E-state index in [0.29, 0.717) is 18.2 Å². The van der Waals surface area contributed by atoms with E-state index in [9.17, 15) is 13.2 Å². The number of hydrogen-bond acceptors (Lipinski definition) is 3. The molecular weight excluding hydrogens is 442 g/mol. The van der Waals surface area contributed by atoms with E-state index in [1.165, 1.54) is 18.2 Å². The van der Waals surface area contributed by atoms with E-state index in [0.717, 1.165) is 24.3 Å². The maximum absolute atomic E-state index is 12.2. The topological polar surface area (TPSA) is 59.6 Å². The lowest BCUT2D eigenvalue weighted by Crippen LogP contribution is -2.24. The molecule has 130 valence electrons. The van der Waals surface area contributed by atoms with Crippen LogP contribution in [0.15, 0.2) is 29.3 Å². The molecule has 1 aromatic carbocycles. The zero-order valence-corrected chi connectivity index (χ0v) is 15.5. The second kappa shape index (κ2) is 9.45. The fraction of sp³-hybridized carbons (Fsp3) is 0.500. The first-order valence-corrected chi connectivity index (χ1v) is 8.08. The molecule has 0 aliphatic carbocycles. The molecule has 0 unspecified atom stereocenters. The summed E-state index contributed by atoms with van der Waals surface area (Å²) >= 11 is 1.94. The van der Waals surface area contributed by atoms with E-state index in [-0.39, 0.29) is 35.7 Å². The third-order valence-electron chi connectivity index (χ3n) is 3.20. The summed E-state index contributed by atoms with van der Waals surface area (Å²) in [7, 11) is 0. The predicted octanol–water partition coefficient (Wildman–Crippen LogP) is 4.07. The summed E-state index contributed by atoms with van der Waals surface area (Å²) in [6.07, 6.45) is -2.47. The number of aliphatic imine (C=N–C) groups is 1. The third-order valence-corrected chi connectivity index (χ3v) is 4.25. The molecule has 4 nitrogen and oxygen atoms in total. The lowest BCUT2D eigenvalue weighted by molar-refractivity contribution is -0.274. The smallest absolute Gasteiger partial charge is 0.406 e. The van der Waals surface area contributed by atoms with Gasteiger partial charge < -0.3 is 15.8 Å². The quantitative estimate of drug-likeness (QED) is 0.403. The van der Waals surface area contributed by atoms with Gasteiger partial charge in [-0.1, -0.05) is 6.07 Å². The molecule has 23 heavy (non-hydrogen) atoms.